The lowest BCUT2D eigenvalue weighted by Crippen LogP contribution is -2.31. The van der Waals surface area contributed by atoms with Crippen LogP contribution in [0.4, 0.5) is 9.93 Å². The maximum Gasteiger partial charge on any atom is 0.350 e. The Morgan fingerprint density at radius 1 is 1.25 bits per heavy atom. The average molecular weight is 396 g/mol. The first-order valence-electron chi connectivity index (χ1n) is 9.12. The average Bonchev–Trinajstić information content (AvgIpc) is 3.25. The maximum absolute atomic E-state index is 12.9. The van der Waals surface area contributed by atoms with Gasteiger partial charge in [0.05, 0.1) is 24.5 Å². The summed E-state index contributed by atoms with van der Waals surface area (Å²) >= 11 is 1.20. The number of ether oxygens (including phenoxy) is 1. The Balaban J connectivity index is 1.54. The van der Waals surface area contributed by atoms with Gasteiger partial charge in [0, 0.05) is 24.7 Å². The zero-order valence-corrected chi connectivity index (χ0v) is 16.5. The van der Waals surface area contributed by atoms with E-state index in [0.717, 1.165) is 16.5 Å². The van der Waals surface area contributed by atoms with Crippen molar-refractivity contribution in [2.75, 3.05) is 24.6 Å². The molecule has 1 aliphatic rings. The largest absolute Gasteiger partial charge is 0.462 e. The smallest absolute Gasteiger partial charge is 0.350 e. The quantitative estimate of drug-likeness (QED) is 0.616. The van der Waals surface area contributed by atoms with E-state index in [0.29, 0.717) is 41.9 Å². The number of anilines is 1. The normalized spacial score (nSPS) is 14.1. The van der Waals surface area contributed by atoms with E-state index in [4.69, 9.17) is 4.74 Å². The number of urea groups is 1. The molecule has 1 saturated heterocycles. The SMILES string of the molecule is CCOC(=O)c1sc(N2CCN(Cc3nccc4ccccc34)C2=O)nc1C. The molecule has 0 saturated carbocycles. The van der Waals surface area contributed by atoms with Gasteiger partial charge in [-0.15, -0.1) is 0 Å². The summed E-state index contributed by atoms with van der Waals surface area (Å²) < 4.78 is 5.06. The Morgan fingerprint density at radius 3 is 2.89 bits per heavy atom. The van der Waals surface area contributed by atoms with Crippen molar-refractivity contribution >= 4 is 39.2 Å². The Labute approximate surface area is 166 Å². The van der Waals surface area contributed by atoms with E-state index < -0.39 is 5.97 Å². The highest BCUT2D eigenvalue weighted by Crippen LogP contribution is 2.30. The third-order valence-corrected chi connectivity index (χ3v) is 5.83. The lowest BCUT2D eigenvalue weighted by molar-refractivity contribution is 0.0531. The van der Waals surface area contributed by atoms with Crippen molar-refractivity contribution in [3.05, 3.63) is 52.8 Å². The molecule has 0 spiro atoms. The third-order valence-electron chi connectivity index (χ3n) is 4.67. The summed E-state index contributed by atoms with van der Waals surface area (Å²) in [4.78, 5) is 37.7. The first-order chi connectivity index (χ1) is 13.6. The van der Waals surface area contributed by atoms with E-state index in [1.54, 1.807) is 29.8 Å². The molecule has 3 aromatic rings. The van der Waals surface area contributed by atoms with Gasteiger partial charge >= 0.3 is 12.0 Å². The lowest BCUT2D eigenvalue weighted by Gasteiger charge is -2.17. The molecule has 8 heteroatoms. The summed E-state index contributed by atoms with van der Waals surface area (Å²) in [6.07, 6.45) is 1.77. The van der Waals surface area contributed by atoms with Crippen molar-refractivity contribution in [1.82, 2.24) is 14.9 Å². The fourth-order valence-corrected chi connectivity index (χ4v) is 4.26. The minimum Gasteiger partial charge on any atom is -0.462 e. The summed E-state index contributed by atoms with van der Waals surface area (Å²) in [7, 11) is 0. The summed E-state index contributed by atoms with van der Waals surface area (Å²) in [6.45, 7) is 5.37. The second kappa shape index (κ2) is 7.55. The summed E-state index contributed by atoms with van der Waals surface area (Å²) in [5.41, 5.74) is 1.45. The number of carbonyl (C=O) groups is 2. The topological polar surface area (TPSA) is 75.6 Å². The molecule has 4 rings (SSSR count). The van der Waals surface area contributed by atoms with Crippen LogP contribution >= 0.6 is 11.3 Å². The van der Waals surface area contributed by atoms with Gasteiger partial charge in [-0.1, -0.05) is 35.6 Å². The second-order valence-electron chi connectivity index (χ2n) is 6.47. The highest BCUT2D eigenvalue weighted by atomic mass is 32.1. The molecule has 0 radical (unpaired) electrons. The minimum absolute atomic E-state index is 0.126. The van der Waals surface area contributed by atoms with Crippen molar-refractivity contribution < 1.29 is 14.3 Å². The number of esters is 1. The Hall–Kier alpha value is -3.00. The fourth-order valence-electron chi connectivity index (χ4n) is 3.28. The zero-order valence-electron chi connectivity index (χ0n) is 15.7. The van der Waals surface area contributed by atoms with Crippen LogP contribution < -0.4 is 4.90 Å². The van der Waals surface area contributed by atoms with Crippen LogP contribution in [0.5, 0.6) is 0 Å². The molecule has 0 N–H and O–H groups in total. The van der Waals surface area contributed by atoms with Crippen molar-refractivity contribution in [3.63, 3.8) is 0 Å². The Morgan fingerprint density at radius 2 is 2.07 bits per heavy atom. The van der Waals surface area contributed by atoms with Gasteiger partial charge in [-0.2, -0.15) is 0 Å². The molecular formula is C20H20N4O3S. The van der Waals surface area contributed by atoms with E-state index in [9.17, 15) is 9.59 Å². The van der Waals surface area contributed by atoms with E-state index in [1.165, 1.54) is 11.3 Å². The lowest BCUT2D eigenvalue weighted by atomic mass is 10.1. The molecule has 1 fully saturated rings. The first-order valence-corrected chi connectivity index (χ1v) is 9.93. The van der Waals surface area contributed by atoms with E-state index >= 15 is 0 Å². The number of hydrogen-bond donors (Lipinski definition) is 0. The minimum atomic E-state index is -0.396. The number of amides is 2. The highest BCUT2D eigenvalue weighted by Gasteiger charge is 2.33. The van der Waals surface area contributed by atoms with Gasteiger partial charge < -0.3 is 9.64 Å². The van der Waals surface area contributed by atoms with Gasteiger partial charge in [-0.3, -0.25) is 9.88 Å². The van der Waals surface area contributed by atoms with Crippen molar-refractivity contribution in [1.29, 1.82) is 0 Å². The van der Waals surface area contributed by atoms with Gasteiger partial charge in [-0.05, 0) is 25.3 Å². The molecule has 0 unspecified atom stereocenters. The third kappa shape index (κ3) is 3.31. The van der Waals surface area contributed by atoms with Gasteiger partial charge in [0.15, 0.2) is 5.13 Å². The van der Waals surface area contributed by atoms with Crippen molar-refractivity contribution in [3.8, 4) is 0 Å². The second-order valence-corrected chi connectivity index (χ2v) is 7.44. The predicted octanol–water partition coefficient (Wildman–Crippen LogP) is 3.62. The van der Waals surface area contributed by atoms with Gasteiger partial charge in [0.25, 0.3) is 0 Å². The summed E-state index contributed by atoms with van der Waals surface area (Å²) in [6, 6.07) is 9.85. The van der Waals surface area contributed by atoms with Gasteiger partial charge in [-0.25, -0.2) is 14.6 Å². The summed E-state index contributed by atoms with van der Waals surface area (Å²) in [5, 5.41) is 2.68. The number of pyridine rings is 1. The van der Waals surface area contributed by atoms with Crippen LogP contribution in [0.15, 0.2) is 36.5 Å². The van der Waals surface area contributed by atoms with Crippen LogP contribution in [0.2, 0.25) is 0 Å². The molecule has 28 heavy (non-hydrogen) atoms. The molecular weight excluding hydrogens is 376 g/mol. The number of hydrogen-bond acceptors (Lipinski definition) is 6. The van der Waals surface area contributed by atoms with E-state index in [2.05, 4.69) is 9.97 Å². The van der Waals surface area contributed by atoms with Crippen molar-refractivity contribution in [2.24, 2.45) is 0 Å². The molecule has 0 bridgehead atoms. The van der Waals surface area contributed by atoms with Gasteiger partial charge in [0.1, 0.15) is 4.88 Å². The number of nitrogens with zero attached hydrogens (tertiary/aromatic N) is 4. The molecule has 2 amide bonds. The van der Waals surface area contributed by atoms with Gasteiger partial charge in [0.2, 0.25) is 0 Å². The van der Waals surface area contributed by atoms with Crippen LogP contribution in [-0.2, 0) is 11.3 Å². The van der Waals surface area contributed by atoms with E-state index in [-0.39, 0.29) is 6.03 Å². The predicted molar refractivity (Wildman–Crippen MR) is 108 cm³/mol. The monoisotopic (exact) mass is 396 g/mol. The van der Waals surface area contributed by atoms with Crippen LogP contribution in [0.3, 0.4) is 0 Å². The number of thiazole rings is 1. The molecule has 7 nitrogen and oxygen atoms in total. The fraction of sp³-hybridized carbons (Fsp3) is 0.300. The molecule has 1 aromatic carbocycles. The highest BCUT2D eigenvalue weighted by molar-refractivity contribution is 7.17. The zero-order chi connectivity index (χ0) is 19.7. The summed E-state index contributed by atoms with van der Waals surface area (Å²) in [5.74, 6) is -0.396. The Kier molecular flexibility index (Phi) is 4.95. The molecule has 0 aliphatic carbocycles. The molecule has 0 atom stereocenters. The van der Waals surface area contributed by atoms with E-state index in [1.807, 2.05) is 30.3 Å². The molecule has 3 heterocycles. The first kappa shape index (κ1) is 18.4. The maximum atomic E-state index is 12.9. The number of rotatable bonds is 5. The van der Waals surface area contributed by atoms with Crippen LogP contribution in [-0.4, -0.2) is 46.6 Å². The number of aryl methyl sites for hydroxylation is 1. The van der Waals surface area contributed by atoms with Crippen LogP contribution in [0, 0.1) is 6.92 Å². The molecule has 144 valence electrons. The van der Waals surface area contributed by atoms with Crippen molar-refractivity contribution in [2.45, 2.75) is 20.4 Å². The number of aromatic nitrogens is 2. The standard InChI is InChI=1S/C20H20N4O3S/c1-3-27-18(25)17-13(2)22-19(28-17)24-11-10-23(20(24)26)12-16-15-7-5-4-6-14(15)8-9-21-16/h4-9H,3,10-12H2,1-2H3. The number of carbonyl (C=O) groups excluding carboxylic acids is 2. The van der Waals surface area contributed by atoms with Crippen LogP contribution in [0.25, 0.3) is 10.8 Å². The van der Waals surface area contributed by atoms with Crippen LogP contribution in [0.1, 0.15) is 28.0 Å². The number of fused-ring (bicyclic) bond motifs is 1. The molecule has 1 aliphatic heterocycles. The Bertz CT molecular complexity index is 1040. The molecule has 2 aromatic heterocycles. The number of benzene rings is 1.